The van der Waals surface area contributed by atoms with Crippen LogP contribution in [0.2, 0.25) is 5.02 Å². The van der Waals surface area contributed by atoms with Crippen LogP contribution in [-0.2, 0) is 0 Å². The van der Waals surface area contributed by atoms with Crippen LogP contribution in [0.5, 0.6) is 0 Å². The number of nitrogens with zero attached hydrogens (tertiary/aromatic N) is 1. The normalized spacial score (nSPS) is 18.3. The van der Waals surface area contributed by atoms with E-state index in [4.69, 9.17) is 11.6 Å². The van der Waals surface area contributed by atoms with Gasteiger partial charge in [-0.15, -0.1) is 0 Å². The van der Waals surface area contributed by atoms with Crippen molar-refractivity contribution < 1.29 is 0 Å². The fourth-order valence-electron chi connectivity index (χ4n) is 2.62. The van der Waals surface area contributed by atoms with Crippen molar-refractivity contribution in [3.8, 4) is 0 Å². The number of likely N-dealkylation sites (tertiary alicyclic amines) is 1. The summed E-state index contributed by atoms with van der Waals surface area (Å²) >= 11 is 6.15. The molecule has 0 unspecified atom stereocenters. The first-order chi connectivity index (χ1) is 8.72. The monoisotopic (exact) mass is 263 g/mol. The fraction of sp³-hybridized carbons (Fsp3) is 0.429. The fourth-order valence-corrected chi connectivity index (χ4v) is 2.84. The molecule has 4 heteroatoms. The Hall–Kier alpha value is -1.19. The van der Waals surface area contributed by atoms with Crippen molar-refractivity contribution >= 4 is 28.2 Å². The molecule has 0 spiro atoms. The van der Waals surface area contributed by atoms with E-state index in [0.717, 1.165) is 29.3 Å². The van der Waals surface area contributed by atoms with Gasteiger partial charge in [0.2, 0.25) is 0 Å². The maximum absolute atomic E-state index is 6.15. The number of piperidine rings is 1. The van der Waals surface area contributed by atoms with E-state index in [-0.39, 0.29) is 0 Å². The molecule has 0 atom stereocenters. The lowest BCUT2D eigenvalue weighted by Gasteiger charge is -2.30. The molecule has 0 radical (unpaired) electrons. The molecule has 1 aromatic heterocycles. The van der Waals surface area contributed by atoms with Gasteiger partial charge in [0.15, 0.2) is 0 Å². The second-order valence-corrected chi connectivity index (χ2v) is 5.55. The molecule has 0 aliphatic carbocycles. The third-order valence-electron chi connectivity index (χ3n) is 3.71. The number of hydrogen-bond acceptors (Lipinski definition) is 2. The number of benzene rings is 1. The predicted molar refractivity (Wildman–Crippen MR) is 77.5 cm³/mol. The molecule has 2 aromatic rings. The van der Waals surface area contributed by atoms with E-state index >= 15 is 0 Å². The molecule has 2 heterocycles. The summed E-state index contributed by atoms with van der Waals surface area (Å²) in [5.41, 5.74) is 2.24. The van der Waals surface area contributed by atoms with Gasteiger partial charge in [0.05, 0.1) is 0 Å². The summed E-state index contributed by atoms with van der Waals surface area (Å²) < 4.78 is 0. The maximum atomic E-state index is 6.15. The predicted octanol–water partition coefficient (Wildman–Crippen LogP) is 3.33. The minimum atomic E-state index is 0.553. The largest absolute Gasteiger partial charge is 0.382 e. The molecule has 18 heavy (non-hydrogen) atoms. The van der Waals surface area contributed by atoms with Gasteiger partial charge in [0.25, 0.3) is 0 Å². The van der Waals surface area contributed by atoms with Crippen molar-refractivity contribution in [1.29, 1.82) is 0 Å². The van der Waals surface area contributed by atoms with Crippen LogP contribution in [-0.4, -0.2) is 36.1 Å². The van der Waals surface area contributed by atoms with Crippen LogP contribution in [0.1, 0.15) is 12.8 Å². The second kappa shape index (κ2) is 4.82. The van der Waals surface area contributed by atoms with Gasteiger partial charge in [0.1, 0.15) is 0 Å². The summed E-state index contributed by atoms with van der Waals surface area (Å²) in [5, 5.41) is 5.64. The van der Waals surface area contributed by atoms with E-state index in [1.807, 2.05) is 18.3 Å². The van der Waals surface area contributed by atoms with Crippen LogP contribution in [0, 0.1) is 0 Å². The highest BCUT2D eigenvalue weighted by molar-refractivity contribution is 6.31. The summed E-state index contributed by atoms with van der Waals surface area (Å²) in [6, 6.07) is 6.65. The number of nitrogens with one attached hydrogen (secondary N) is 2. The summed E-state index contributed by atoms with van der Waals surface area (Å²) in [6.45, 7) is 2.32. The minimum absolute atomic E-state index is 0.553. The Morgan fingerprint density at radius 1 is 1.33 bits per heavy atom. The number of hydrogen-bond donors (Lipinski definition) is 2. The third-order valence-corrected chi connectivity index (χ3v) is 3.93. The number of anilines is 1. The van der Waals surface area contributed by atoms with Gasteiger partial charge in [-0.1, -0.05) is 11.6 Å². The van der Waals surface area contributed by atoms with E-state index in [0.29, 0.717) is 6.04 Å². The first kappa shape index (κ1) is 11.9. The Morgan fingerprint density at radius 2 is 2.11 bits per heavy atom. The highest BCUT2D eigenvalue weighted by Crippen LogP contribution is 2.29. The lowest BCUT2D eigenvalue weighted by Crippen LogP contribution is -2.36. The number of fused-ring (bicyclic) bond motifs is 1. The molecular weight excluding hydrogens is 246 g/mol. The number of aromatic amines is 1. The molecular formula is C14H18ClN3. The van der Waals surface area contributed by atoms with Gasteiger partial charge in [-0.25, -0.2) is 0 Å². The first-order valence-electron chi connectivity index (χ1n) is 6.44. The van der Waals surface area contributed by atoms with Crippen LogP contribution >= 0.6 is 11.6 Å². The van der Waals surface area contributed by atoms with Gasteiger partial charge in [-0.05, 0) is 51.2 Å². The van der Waals surface area contributed by atoms with Gasteiger partial charge >= 0.3 is 0 Å². The van der Waals surface area contributed by atoms with Gasteiger partial charge < -0.3 is 15.2 Å². The number of aromatic nitrogens is 1. The Balaban J connectivity index is 1.83. The molecule has 3 rings (SSSR count). The number of halogens is 1. The lowest BCUT2D eigenvalue weighted by molar-refractivity contribution is 0.264. The molecule has 1 saturated heterocycles. The Labute approximate surface area is 112 Å². The van der Waals surface area contributed by atoms with Crippen molar-refractivity contribution in [1.82, 2.24) is 9.88 Å². The zero-order valence-corrected chi connectivity index (χ0v) is 11.3. The highest BCUT2D eigenvalue weighted by Gasteiger charge is 2.17. The summed E-state index contributed by atoms with van der Waals surface area (Å²) in [7, 11) is 2.18. The summed E-state index contributed by atoms with van der Waals surface area (Å²) in [4.78, 5) is 5.59. The first-order valence-corrected chi connectivity index (χ1v) is 6.82. The van der Waals surface area contributed by atoms with Crippen LogP contribution < -0.4 is 5.32 Å². The second-order valence-electron chi connectivity index (χ2n) is 5.11. The molecule has 0 bridgehead atoms. The molecule has 1 aliphatic heterocycles. The van der Waals surface area contributed by atoms with Crippen molar-refractivity contribution in [3.63, 3.8) is 0 Å². The van der Waals surface area contributed by atoms with Crippen molar-refractivity contribution in [2.24, 2.45) is 0 Å². The summed E-state index contributed by atoms with van der Waals surface area (Å²) in [5.74, 6) is 0. The quantitative estimate of drug-likeness (QED) is 0.871. The molecule has 2 N–H and O–H groups in total. The van der Waals surface area contributed by atoms with E-state index in [2.05, 4.69) is 28.3 Å². The smallest absolute Gasteiger partial charge is 0.0489 e. The Morgan fingerprint density at radius 3 is 2.89 bits per heavy atom. The molecule has 96 valence electrons. The standard InChI is InChI=1S/C14H18ClN3/c1-18-6-3-11(4-7-18)17-14-9-10(15)8-13-12(14)2-5-16-13/h2,5,8-9,11,16-17H,3-4,6-7H2,1H3. The van der Waals surface area contributed by atoms with E-state index < -0.39 is 0 Å². The zero-order chi connectivity index (χ0) is 12.5. The lowest BCUT2D eigenvalue weighted by atomic mass is 10.0. The molecule has 1 aromatic carbocycles. The van der Waals surface area contributed by atoms with E-state index in [1.165, 1.54) is 18.2 Å². The van der Waals surface area contributed by atoms with Crippen LogP contribution in [0.4, 0.5) is 5.69 Å². The van der Waals surface area contributed by atoms with Crippen molar-refractivity contribution in [3.05, 3.63) is 29.4 Å². The maximum Gasteiger partial charge on any atom is 0.0489 e. The summed E-state index contributed by atoms with van der Waals surface area (Å²) in [6.07, 6.45) is 4.34. The third kappa shape index (κ3) is 2.33. The highest BCUT2D eigenvalue weighted by atomic mass is 35.5. The minimum Gasteiger partial charge on any atom is -0.382 e. The Bertz CT molecular complexity index is 541. The molecule has 1 aliphatic rings. The molecule has 0 saturated carbocycles. The molecule has 0 amide bonds. The SMILES string of the molecule is CN1CCC(Nc2cc(Cl)cc3[nH]ccc23)CC1. The molecule has 3 nitrogen and oxygen atoms in total. The Kier molecular flexibility index (Phi) is 3.18. The van der Waals surface area contributed by atoms with Gasteiger partial charge in [0, 0.05) is 33.9 Å². The topological polar surface area (TPSA) is 31.1 Å². The number of rotatable bonds is 2. The number of H-pyrrole nitrogens is 1. The van der Waals surface area contributed by atoms with Crippen molar-refractivity contribution in [2.45, 2.75) is 18.9 Å². The van der Waals surface area contributed by atoms with Crippen molar-refractivity contribution in [2.75, 3.05) is 25.5 Å². The van der Waals surface area contributed by atoms with Crippen LogP contribution in [0.25, 0.3) is 10.9 Å². The van der Waals surface area contributed by atoms with E-state index in [1.54, 1.807) is 0 Å². The average Bonchev–Trinajstić information content (AvgIpc) is 2.80. The van der Waals surface area contributed by atoms with Gasteiger partial charge in [-0.2, -0.15) is 0 Å². The van der Waals surface area contributed by atoms with Crippen LogP contribution in [0.3, 0.4) is 0 Å². The average molecular weight is 264 g/mol. The van der Waals surface area contributed by atoms with Gasteiger partial charge in [-0.3, -0.25) is 0 Å². The molecule has 1 fully saturated rings. The van der Waals surface area contributed by atoms with E-state index in [9.17, 15) is 0 Å². The van der Waals surface area contributed by atoms with Crippen LogP contribution in [0.15, 0.2) is 24.4 Å². The zero-order valence-electron chi connectivity index (χ0n) is 10.5.